The lowest BCUT2D eigenvalue weighted by Gasteiger charge is -2.07. The minimum Gasteiger partial charge on any atom is -0.497 e. The van der Waals surface area contributed by atoms with Gasteiger partial charge >= 0.3 is 0 Å². The van der Waals surface area contributed by atoms with E-state index in [1.54, 1.807) is 18.9 Å². The molecular weight excluding hydrogens is 228 g/mol. The second-order valence-corrected chi connectivity index (χ2v) is 4.63. The third-order valence-corrected chi connectivity index (χ3v) is 3.54. The SMILES string of the molecule is COc1ccc(-c2[c]c(SC)c(C)cc2)cc1. The second-order valence-electron chi connectivity index (χ2n) is 3.82. The largest absolute Gasteiger partial charge is 0.497 e. The quantitative estimate of drug-likeness (QED) is 0.747. The fourth-order valence-electron chi connectivity index (χ4n) is 1.70. The van der Waals surface area contributed by atoms with E-state index in [9.17, 15) is 0 Å². The van der Waals surface area contributed by atoms with Crippen LogP contribution < -0.4 is 4.74 Å². The van der Waals surface area contributed by atoms with E-state index in [1.807, 2.05) is 12.1 Å². The van der Waals surface area contributed by atoms with E-state index in [-0.39, 0.29) is 0 Å². The van der Waals surface area contributed by atoms with Gasteiger partial charge < -0.3 is 4.74 Å². The van der Waals surface area contributed by atoms with Crippen molar-refractivity contribution < 1.29 is 4.74 Å². The monoisotopic (exact) mass is 243 g/mol. The molecule has 2 aromatic carbocycles. The molecule has 0 unspecified atom stereocenters. The number of hydrogen-bond donors (Lipinski definition) is 0. The highest BCUT2D eigenvalue weighted by Gasteiger charge is 2.02. The number of hydrogen-bond acceptors (Lipinski definition) is 2. The highest BCUT2D eigenvalue weighted by molar-refractivity contribution is 7.98. The van der Waals surface area contributed by atoms with Gasteiger partial charge in [0.2, 0.25) is 0 Å². The molecule has 0 saturated heterocycles. The molecule has 0 spiro atoms. The zero-order chi connectivity index (χ0) is 12.3. The highest BCUT2D eigenvalue weighted by Crippen LogP contribution is 2.27. The summed E-state index contributed by atoms with van der Waals surface area (Å²) in [6.45, 7) is 2.11. The fraction of sp³-hybridized carbons (Fsp3) is 0.200. The van der Waals surface area contributed by atoms with Crippen LogP contribution in [0.15, 0.2) is 41.3 Å². The Hall–Kier alpha value is -1.41. The Kier molecular flexibility index (Phi) is 3.75. The van der Waals surface area contributed by atoms with Crippen molar-refractivity contribution in [3.63, 3.8) is 0 Å². The van der Waals surface area contributed by atoms with E-state index in [2.05, 4.69) is 43.5 Å². The molecule has 0 saturated carbocycles. The zero-order valence-corrected chi connectivity index (χ0v) is 11.1. The summed E-state index contributed by atoms with van der Waals surface area (Å²) in [5.41, 5.74) is 3.57. The predicted octanol–water partition coefficient (Wildman–Crippen LogP) is 4.19. The van der Waals surface area contributed by atoms with Gasteiger partial charge in [-0.2, -0.15) is 0 Å². The standard InChI is InChI=1S/C15H15OS/c1-11-4-5-13(10-15(11)17-3)12-6-8-14(16-2)9-7-12/h4-9H,1-3H3. The van der Waals surface area contributed by atoms with Gasteiger partial charge in [-0.05, 0) is 42.0 Å². The summed E-state index contributed by atoms with van der Waals surface area (Å²) in [4.78, 5) is 1.21. The Balaban J connectivity index is 2.38. The number of thioether (sulfide) groups is 1. The Bertz CT molecular complexity index is 503. The molecule has 0 bridgehead atoms. The number of benzene rings is 2. The van der Waals surface area contributed by atoms with Gasteiger partial charge in [0, 0.05) is 11.0 Å². The van der Waals surface area contributed by atoms with Gasteiger partial charge in [0.05, 0.1) is 7.11 Å². The smallest absolute Gasteiger partial charge is 0.118 e. The van der Waals surface area contributed by atoms with Crippen LogP contribution in [0.25, 0.3) is 11.1 Å². The Labute approximate surface area is 107 Å². The molecular formula is C15H15OS. The fourth-order valence-corrected chi connectivity index (χ4v) is 2.30. The van der Waals surface area contributed by atoms with Gasteiger partial charge in [-0.25, -0.2) is 0 Å². The van der Waals surface area contributed by atoms with Crippen LogP contribution in [0.3, 0.4) is 0 Å². The molecule has 2 heteroatoms. The van der Waals surface area contributed by atoms with Crippen LogP contribution in [0.4, 0.5) is 0 Å². The van der Waals surface area contributed by atoms with Crippen LogP contribution >= 0.6 is 11.8 Å². The Morgan fingerprint density at radius 3 is 2.35 bits per heavy atom. The van der Waals surface area contributed by atoms with Crippen molar-refractivity contribution in [2.24, 2.45) is 0 Å². The van der Waals surface area contributed by atoms with E-state index in [0.29, 0.717) is 0 Å². The maximum atomic E-state index is 5.15. The molecule has 1 nitrogen and oxygen atoms in total. The number of methoxy groups -OCH3 is 1. The molecule has 87 valence electrons. The van der Waals surface area contributed by atoms with E-state index in [0.717, 1.165) is 11.3 Å². The lowest BCUT2D eigenvalue weighted by Crippen LogP contribution is -1.85. The summed E-state index contributed by atoms with van der Waals surface area (Å²) in [5.74, 6) is 0.881. The maximum absolute atomic E-state index is 5.15. The maximum Gasteiger partial charge on any atom is 0.118 e. The molecule has 1 radical (unpaired) electrons. The van der Waals surface area contributed by atoms with Crippen molar-refractivity contribution in [1.82, 2.24) is 0 Å². The molecule has 0 atom stereocenters. The van der Waals surface area contributed by atoms with Gasteiger partial charge in [0.1, 0.15) is 5.75 Å². The lowest BCUT2D eigenvalue weighted by atomic mass is 10.0. The van der Waals surface area contributed by atoms with Crippen LogP contribution in [0, 0.1) is 13.0 Å². The molecule has 0 aliphatic carbocycles. The van der Waals surface area contributed by atoms with Crippen molar-refractivity contribution in [3.05, 3.63) is 48.0 Å². The summed E-state index contributed by atoms with van der Waals surface area (Å²) < 4.78 is 5.15. The van der Waals surface area contributed by atoms with E-state index >= 15 is 0 Å². The number of ether oxygens (including phenoxy) is 1. The van der Waals surface area contributed by atoms with E-state index in [4.69, 9.17) is 4.74 Å². The van der Waals surface area contributed by atoms with E-state index < -0.39 is 0 Å². The van der Waals surface area contributed by atoms with Crippen LogP contribution in [0.5, 0.6) is 5.75 Å². The number of aryl methyl sites for hydroxylation is 1. The topological polar surface area (TPSA) is 9.23 Å². The first-order valence-corrected chi connectivity index (χ1v) is 6.68. The molecule has 2 rings (SSSR count). The molecule has 17 heavy (non-hydrogen) atoms. The molecule has 0 heterocycles. The van der Waals surface area contributed by atoms with Gasteiger partial charge in [-0.15, -0.1) is 11.8 Å². The van der Waals surface area contributed by atoms with Crippen molar-refractivity contribution in [2.75, 3.05) is 13.4 Å². The summed E-state index contributed by atoms with van der Waals surface area (Å²) >= 11 is 1.73. The zero-order valence-electron chi connectivity index (χ0n) is 10.3. The predicted molar refractivity (Wildman–Crippen MR) is 73.8 cm³/mol. The van der Waals surface area contributed by atoms with Crippen molar-refractivity contribution in [1.29, 1.82) is 0 Å². The molecule has 0 aliphatic heterocycles. The van der Waals surface area contributed by atoms with Crippen LogP contribution in [0.2, 0.25) is 0 Å². The molecule has 0 amide bonds. The molecule has 0 N–H and O–H groups in total. The van der Waals surface area contributed by atoms with Crippen molar-refractivity contribution in [2.45, 2.75) is 11.8 Å². The minimum atomic E-state index is 0.881. The highest BCUT2D eigenvalue weighted by atomic mass is 32.2. The Morgan fingerprint density at radius 1 is 1.06 bits per heavy atom. The molecule has 0 aliphatic rings. The second kappa shape index (κ2) is 5.28. The van der Waals surface area contributed by atoms with Crippen LogP contribution in [-0.4, -0.2) is 13.4 Å². The first kappa shape index (κ1) is 12.1. The molecule has 0 fully saturated rings. The average molecular weight is 243 g/mol. The first-order chi connectivity index (χ1) is 8.24. The lowest BCUT2D eigenvalue weighted by molar-refractivity contribution is 0.415. The van der Waals surface area contributed by atoms with Gasteiger partial charge in [0.15, 0.2) is 0 Å². The number of rotatable bonds is 3. The van der Waals surface area contributed by atoms with Crippen molar-refractivity contribution >= 4 is 11.8 Å². The van der Waals surface area contributed by atoms with E-state index in [1.165, 1.54) is 16.0 Å². The van der Waals surface area contributed by atoms with Crippen LogP contribution in [-0.2, 0) is 0 Å². The van der Waals surface area contributed by atoms with Gasteiger partial charge in [-0.1, -0.05) is 24.3 Å². The van der Waals surface area contributed by atoms with Gasteiger partial charge in [-0.3, -0.25) is 0 Å². The third-order valence-electron chi connectivity index (χ3n) is 2.71. The first-order valence-electron chi connectivity index (χ1n) is 5.46. The Morgan fingerprint density at radius 2 is 1.76 bits per heavy atom. The summed E-state index contributed by atoms with van der Waals surface area (Å²) in [6.07, 6.45) is 2.08. The summed E-state index contributed by atoms with van der Waals surface area (Å²) in [5, 5.41) is 0. The molecule has 0 aromatic heterocycles. The minimum absolute atomic E-state index is 0.881. The summed E-state index contributed by atoms with van der Waals surface area (Å²) in [7, 11) is 1.68. The summed E-state index contributed by atoms with van der Waals surface area (Å²) in [6, 6.07) is 15.8. The normalized spacial score (nSPS) is 10.3. The van der Waals surface area contributed by atoms with Crippen molar-refractivity contribution in [3.8, 4) is 16.9 Å². The molecule has 2 aromatic rings. The van der Waals surface area contributed by atoms with Gasteiger partial charge in [0.25, 0.3) is 0 Å². The average Bonchev–Trinajstić information content (AvgIpc) is 2.39. The third kappa shape index (κ3) is 2.64. The van der Waals surface area contributed by atoms with Crippen LogP contribution in [0.1, 0.15) is 5.56 Å².